The fourth-order valence-electron chi connectivity index (χ4n) is 1.99. The molecule has 1 aromatic rings. The van der Waals surface area contributed by atoms with Gasteiger partial charge >= 0.3 is 0 Å². The summed E-state index contributed by atoms with van der Waals surface area (Å²) in [6.45, 7) is 0.801. The van der Waals surface area contributed by atoms with E-state index in [-0.39, 0.29) is 0 Å². The summed E-state index contributed by atoms with van der Waals surface area (Å²) in [5.74, 6) is 0.992. The second-order valence-electron chi connectivity index (χ2n) is 4.25. The highest BCUT2D eigenvalue weighted by Gasteiger charge is 2.19. The molecule has 0 saturated heterocycles. The molecule has 2 rings (SSSR count). The molecule has 1 atom stereocenters. The summed E-state index contributed by atoms with van der Waals surface area (Å²) < 4.78 is 6.82. The number of hydrogen-bond donors (Lipinski definition) is 1. The number of benzene rings is 1. The summed E-state index contributed by atoms with van der Waals surface area (Å²) >= 11 is 3.48. The number of rotatable bonds is 2. The van der Waals surface area contributed by atoms with Crippen molar-refractivity contribution in [1.82, 2.24) is 10.4 Å². The zero-order valence-corrected chi connectivity index (χ0v) is 11.3. The first kappa shape index (κ1) is 11.9. The highest BCUT2D eigenvalue weighted by Crippen LogP contribution is 2.33. The molecule has 4 heteroatoms. The molecule has 88 valence electrons. The predicted molar refractivity (Wildman–Crippen MR) is 68.4 cm³/mol. The van der Waals surface area contributed by atoms with Crippen molar-refractivity contribution in [2.75, 3.05) is 20.7 Å². The maximum Gasteiger partial charge on any atom is 0.125 e. The van der Waals surface area contributed by atoms with Crippen LogP contribution in [0.5, 0.6) is 5.75 Å². The van der Waals surface area contributed by atoms with Crippen LogP contribution in [0.1, 0.15) is 24.4 Å². The van der Waals surface area contributed by atoms with Crippen LogP contribution in [0.2, 0.25) is 0 Å². The number of hydrazine groups is 1. The normalized spacial score (nSPS) is 20.1. The van der Waals surface area contributed by atoms with E-state index in [1.54, 1.807) is 0 Å². The van der Waals surface area contributed by atoms with Crippen molar-refractivity contribution in [2.45, 2.75) is 18.9 Å². The quantitative estimate of drug-likeness (QED) is 0.846. The maximum atomic E-state index is 5.75. The van der Waals surface area contributed by atoms with Crippen LogP contribution in [0.15, 0.2) is 22.7 Å². The van der Waals surface area contributed by atoms with E-state index in [0.29, 0.717) is 6.04 Å². The lowest BCUT2D eigenvalue weighted by molar-refractivity contribution is 0.234. The molecule has 1 aliphatic heterocycles. The lowest BCUT2D eigenvalue weighted by Crippen LogP contribution is -2.34. The Morgan fingerprint density at radius 1 is 1.44 bits per heavy atom. The Bertz CT molecular complexity index is 368. The summed E-state index contributed by atoms with van der Waals surface area (Å²) in [6, 6.07) is 6.59. The first-order valence-corrected chi connectivity index (χ1v) is 6.32. The fourth-order valence-corrected chi connectivity index (χ4v) is 2.33. The van der Waals surface area contributed by atoms with E-state index in [1.807, 2.05) is 25.2 Å². The van der Waals surface area contributed by atoms with Crippen LogP contribution in [0, 0.1) is 0 Å². The molecule has 3 nitrogen and oxygen atoms in total. The lowest BCUT2D eigenvalue weighted by atomic mass is 10.0. The van der Waals surface area contributed by atoms with E-state index in [1.165, 1.54) is 5.56 Å². The molecule has 1 unspecified atom stereocenters. The Kier molecular flexibility index (Phi) is 3.84. The van der Waals surface area contributed by atoms with Crippen LogP contribution in [0.25, 0.3) is 0 Å². The topological polar surface area (TPSA) is 24.5 Å². The molecule has 16 heavy (non-hydrogen) atoms. The van der Waals surface area contributed by atoms with Crippen LogP contribution in [-0.2, 0) is 0 Å². The van der Waals surface area contributed by atoms with Crippen molar-refractivity contribution in [3.63, 3.8) is 0 Å². The first-order chi connectivity index (χ1) is 7.66. The minimum Gasteiger partial charge on any atom is -0.493 e. The average molecular weight is 285 g/mol. The Morgan fingerprint density at radius 3 is 3.00 bits per heavy atom. The average Bonchev–Trinajstić information content (AvgIpc) is 2.40. The van der Waals surface area contributed by atoms with E-state index < -0.39 is 0 Å². The van der Waals surface area contributed by atoms with Crippen LogP contribution < -0.4 is 10.2 Å². The van der Waals surface area contributed by atoms with Crippen molar-refractivity contribution < 1.29 is 4.74 Å². The largest absolute Gasteiger partial charge is 0.493 e. The second kappa shape index (κ2) is 5.17. The lowest BCUT2D eigenvalue weighted by Gasteiger charge is -2.22. The van der Waals surface area contributed by atoms with E-state index in [4.69, 9.17) is 4.74 Å². The van der Waals surface area contributed by atoms with Gasteiger partial charge in [-0.3, -0.25) is 5.01 Å². The molecule has 0 fully saturated rings. The van der Waals surface area contributed by atoms with Gasteiger partial charge in [0.1, 0.15) is 5.75 Å². The van der Waals surface area contributed by atoms with Crippen molar-refractivity contribution in [2.24, 2.45) is 0 Å². The molecule has 1 aromatic carbocycles. The summed E-state index contributed by atoms with van der Waals surface area (Å²) in [6.07, 6.45) is 2.19. The van der Waals surface area contributed by atoms with E-state index in [2.05, 4.69) is 33.5 Å². The molecule has 1 N–H and O–H groups in total. The minimum atomic E-state index is 0.348. The summed E-state index contributed by atoms with van der Waals surface area (Å²) in [7, 11) is 4.04. The Balaban J connectivity index is 2.29. The summed E-state index contributed by atoms with van der Waals surface area (Å²) in [5.41, 5.74) is 4.68. The monoisotopic (exact) mass is 284 g/mol. The van der Waals surface area contributed by atoms with Gasteiger partial charge in [0.15, 0.2) is 0 Å². The predicted octanol–water partition coefficient (Wildman–Crippen LogP) is 2.73. The van der Waals surface area contributed by atoms with E-state index in [0.717, 1.165) is 29.7 Å². The number of nitrogens with one attached hydrogen (secondary N) is 1. The summed E-state index contributed by atoms with van der Waals surface area (Å²) in [4.78, 5) is 0. The summed E-state index contributed by atoms with van der Waals surface area (Å²) in [5, 5.41) is 2.00. The molecule has 0 bridgehead atoms. The van der Waals surface area contributed by atoms with Gasteiger partial charge in [-0.05, 0) is 25.0 Å². The van der Waals surface area contributed by atoms with Gasteiger partial charge in [-0.2, -0.15) is 0 Å². The van der Waals surface area contributed by atoms with Crippen molar-refractivity contribution >= 4 is 15.9 Å². The number of hydrogen-bond acceptors (Lipinski definition) is 3. The van der Waals surface area contributed by atoms with Gasteiger partial charge in [0.25, 0.3) is 0 Å². The number of ether oxygens (including phenoxy) is 1. The molecule has 1 heterocycles. The SMILES string of the molecule is CN(C)NC1CCCOc2cc(Br)ccc21. The number of nitrogens with zero attached hydrogens (tertiary/aromatic N) is 1. The standard InChI is InChI=1S/C12H17BrN2O/c1-15(2)14-11-4-3-7-16-12-8-9(13)5-6-10(11)12/h5-6,8,11,14H,3-4,7H2,1-2H3. The second-order valence-corrected chi connectivity index (χ2v) is 5.16. The minimum absolute atomic E-state index is 0.348. The highest BCUT2D eigenvalue weighted by molar-refractivity contribution is 9.10. The molecule has 0 amide bonds. The first-order valence-electron chi connectivity index (χ1n) is 5.52. The van der Waals surface area contributed by atoms with Crippen LogP contribution in [-0.4, -0.2) is 25.7 Å². The van der Waals surface area contributed by atoms with Gasteiger partial charge in [-0.15, -0.1) is 0 Å². The van der Waals surface area contributed by atoms with Crippen LogP contribution >= 0.6 is 15.9 Å². The Labute approximate surface area is 105 Å². The molecule has 0 aromatic heterocycles. The maximum absolute atomic E-state index is 5.75. The van der Waals surface area contributed by atoms with Crippen molar-refractivity contribution in [1.29, 1.82) is 0 Å². The van der Waals surface area contributed by atoms with E-state index >= 15 is 0 Å². The smallest absolute Gasteiger partial charge is 0.125 e. The van der Waals surface area contributed by atoms with Gasteiger partial charge < -0.3 is 4.74 Å². The number of fused-ring (bicyclic) bond motifs is 1. The highest BCUT2D eigenvalue weighted by atomic mass is 79.9. The molecule has 0 saturated carbocycles. The third-order valence-electron chi connectivity index (χ3n) is 2.66. The van der Waals surface area contributed by atoms with Gasteiger partial charge in [-0.25, -0.2) is 5.43 Å². The third kappa shape index (κ3) is 2.75. The van der Waals surface area contributed by atoms with Gasteiger partial charge in [-0.1, -0.05) is 22.0 Å². The molecule has 0 radical (unpaired) electrons. The van der Waals surface area contributed by atoms with Gasteiger partial charge in [0, 0.05) is 24.1 Å². The zero-order chi connectivity index (χ0) is 11.5. The van der Waals surface area contributed by atoms with Gasteiger partial charge in [0.05, 0.1) is 12.6 Å². The fraction of sp³-hybridized carbons (Fsp3) is 0.500. The van der Waals surface area contributed by atoms with Crippen LogP contribution in [0.4, 0.5) is 0 Å². The van der Waals surface area contributed by atoms with Crippen molar-refractivity contribution in [3.8, 4) is 5.75 Å². The van der Waals surface area contributed by atoms with Gasteiger partial charge in [0.2, 0.25) is 0 Å². The zero-order valence-electron chi connectivity index (χ0n) is 9.66. The number of halogens is 1. The molecule has 0 spiro atoms. The molecular weight excluding hydrogens is 268 g/mol. The Morgan fingerprint density at radius 2 is 2.25 bits per heavy atom. The third-order valence-corrected chi connectivity index (χ3v) is 3.15. The molecule has 1 aliphatic rings. The Hall–Kier alpha value is -0.580. The van der Waals surface area contributed by atoms with E-state index in [9.17, 15) is 0 Å². The molecular formula is C12H17BrN2O. The van der Waals surface area contributed by atoms with Crippen LogP contribution in [0.3, 0.4) is 0 Å². The molecule has 0 aliphatic carbocycles. The van der Waals surface area contributed by atoms with Crippen molar-refractivity contribution in [3.05, 3.63) is 28.2 Å².